The molecule has 0 saturated carbocycles. The van der Waals surface area contributed by atoms with E-state index in [0.717, 1.165) is 5.56 Å². The quantitative estimate of drug-likeness (QED) is 0.839. The maximum atomic E-state index is 12.5. The normalized spacial score (nSPS) is 18.0. The predicted molar refractivity (Wildman–Crippen MR) is 95.4 cm³/mol. The lowest BCUT2D eigenvalue weighted by molar-refractivity contribution is -0.149. The van der Waals surface area contributed by atoms with Crippen molar-refractivity contribution in [2.75, 3.05) is 19.6 Å². The number of carbonyl (C=O) groups is 3. The summed E-state index contributed by atoms with van der Waals surface area (Å²) in [6.45, 7) is 6.21. The lowest BCUT2D eigenvalue weighted by Gasteiger charge is -2.39. The molecule has 7 nitrogen and oxygen atoms in total. The van der Waals surface area contributed by atoms with Gasteiger partial charge in [-0.05, 0) is 32.8 Å². The smallest absolute Gasteiger partial charge is 0.410 e. The molecule has 0 aliphatic carbocycles. The zero-order chi connectivity index (χ0) is 19.3. The van der Waals surface area contributed by atoms with Gasteiger partial charge in [0.2, 0.25) is 5.91 Å². The Morgan fingerprint density at radius 3 is 2.50 bits per heavy atom. The maximum Gasteiger partial charge on any atom is 0.410 e. The standard InChI is InChI=1S/C19H26N2O5/c1-14-16(22)20(10-9-19(2,3)17(23)24)11-12-21(14)18(25)26-13-15-7-5-4-6-8-15/h4-8,14H,9-13H2,1-3H3,(H,23,24). The predicted octanol–water partition coefficient (Wildman–Crippen LogP) is 2.36. The summed E-state index contributed by atoms with van der Waals surface area (Å²) in [5.74, 6) is -1.07. The van der Waals surface area contributed by atoms with E-state index in [1.54, 1.807) is 25.7 Å². The maximum absolute atomic E-state index is 12.5. The van der Waals surface area contributed by atoms with Gasteiger partial charge in [-0.1, -0.05) is 30.3 Å². The van der Waals surface area contributed by atoms with Crippen LogP contribution in [0.4, 0.5) is 4.79 Å². The summed E-state index contributed by atoms with van der Waals surface area (Å²) < 4.78 is 5.31. The molecule has 1 unspecified atom stereocenters. The van der Waals surface area contributed by atoms with Crippen LogP contribution in [0.25, 0.3) is 0 Å². The summed E-state index contributed by atoms with van der Waals surface area (Å²) >= 11 is 0. The van der Waals surface area contributed by atoms with Crippen LogP contribution in [0.2, 0.25) is 0 Å². The van der Waals surface area contributed by atoms with Crippen LogP contribution in [0.1, 0.15) is 32.8 Å². The summed E-state index contributed by atoms with van der Waals surface area (Å²) in [5.41, 5.74) is -0.00991. The molecule has 0 spiro atoms. The van der Waals surface area contributed by atoms with Gasteiger partial charge in [0, 0.05) is 19.6 Å². The van der Waals surface area contributed by atoms with E-state index in [4.69, 9.17) is 4.74 Å². The molecule has 0 bridgehead atoms. The molecule has 1 aromatic carbocycles. The van der Waals surface area contributed by atoms with Gasteiger partial charge >= 0.3 is 12.1 Å². The Balaban J connectivity index is 1.88. The number of rotatable bonds is 6. The molecule has 1 aliphatic heterocycles. The molecule has 1 N–H and O–H groups in total. The van der Waals surface area contributed by atoms with E-state index >= 15 is 0 Å². The molecule has 0 aromatic heterocycles. The second-order valence-corrected chi connectivity index (χ2v) is 7.17. The Morgan fingerprint density at radius 1 is 1.23 bits per heavy atom. The van der Waals surface area contributed by atoms with Gasteiger partial charge in [0.15, 0.2) is 0 Å². The minimum atomic E-state index is -0.894. The Morgan fingerprint density at radius 2 is 1.88 bits per heavy atom. The third-order valence-corrected chi connectivity index (χ3v) is 4.77. The van der Waals surface area contributed by atoms with E-state index in [1.807, 2.05) is 30.3 Å². The number of carboxylic acids is 1. The van der Waals surface area contributed by atoms with Crippen LogP contribution in [-0.2, 0) is 20.9 Å². The molecule has 1 atom stereocenters. The molecule has 1 heterocycles. The highest BCUT2D eigenvalue weighted by Crippen LogP contribution is 2.22. The second kappa shape index (κ2) is 8.21. The van der Waals surface area contributed by atoms with E-state index in [9.17, 15) is 19.5 Å². The molecule has 142 valence electrons. The summed E-state index contributed by atoms with van der Waals surface area (Å²) in [6, 6.07) is 8.73. The number of ether oxygens (including phenoxy) is 1. The van der Waals surface area contributed by atoms with Crippen molar-refractivity contribution in [1.29, 1.82) is 0 Å². The molecule has 26 heavy (non-hydrogen) atoms. The van der Waals surface area contributed by atoms with E-state index in [2.05, 4.69) is 0 Å². The fraction of sp³-hybridized carbons (Fsp3) is 0.526. The molecule has 1 fully saturated rings. The van der Waals surface area contributed by atoms with Gasteiger partial charge in [0.1, 0.15) is 12.6 Å². The van der Waals surface area contributed by atoms with Crippen molar-refractivity contribution in [3.05, 3.63) is 35.9 Å². The summed E-state index contributed by atoms with van der Waals surface area (Å²) in [7, 11) is 0. The van der Waals surface area contributed by atoms with Gasteiger partial charge in [-0.25, -0.2) is 4.79 Å². The van der Waals surface area contributed by atoms with Crippen molar-refractivity contribution >= 4 is 18.0 Å². The van der Waals surface area contributed by atoms with E-state index in [0.29, 0.717) is 26.1 Å². The van der Waals surface area contributed by atoms with E-state index < -0.39 is 23.5 Å². The van der Waals surface area contributed by atoms with Crippen LogP contribution in [-0.4, -0.2) is 58.6 Å². The Bertz CT molecular complexity index is 659. The number of benzene rings is 1. The SMILES string of the molecule is CC1C(=O)N(CCC(C)(C)C(=O)O)CCN1C(=O)OCc1ccccc1. The average Bonchev–Trinajstić information content (AvgIpc) is 2.61. The van der Waals surface area contributed by atoms with Crippen molar-refractivity contribution in [2.24, 2.45) is 5.41 Å². The number of amides is 2. The summed E-state index contributed by atoms with van der Waals surface area (Å²) in [4.78, 5) is 39.1. The van der Waals surface area contributed by atoms with Crippen molar-refractivity contribution in [1.82, 2.24) is 9.80 Å². The number of carboxylic acid groups (broad SMARTS) is 1. The lowest BCUT2D eigenvalue weighted by atomic mass is 9.89. The highest BCUT2D eigenvalue weighted by atomic mass is 16.6. The summed E-state index contributed by atoms with van der Waals surface area (Å²) in [6.07, 6.45) is -0.153. The molecule has 1 saturated heterocycles. The molecular formula is C19H26N2O5. The third kappa shape index (κ3) is 4.74. The van der Waals surface area contributed by atoms with E-state index in [1.165, 1.54) is 4.90 Å². The number of hydrogen-bond donors (Lipinski definition) is 1. The highest BCUT2D eigenvalue weighted by molar-refractivity contribution is 5.86. The topological polar surface area (TPSA) is 87.2 Å². The van der Waals surface area contributed by atoms with Gasteiger partial charge in [-0.2, -0.15) is 0 Å². The largest absolute Gasteiger partial charge is 0.481 e. The van der Waals surface area contributed by atoms with Crippen LogP contribution in [0.5, 0.6) is 0 Å². The fourth-order valence-electron chi connectivity index (χ4n) is 2.72. The lowest BCUT2D eigenvalue weighted by Crippen LogP contribution is -2.58. The van der Waals surface area contributed by atoms with Crippen molar-refractivity contribution in [3.8, 4) is 0 Å². The zero-order valence-corrected chi connectivity index (χ0v) is 15.5. The molecule has 1 aliphatic rings. The Labute approximate surface area is 153 Å². The Hall–Kier alpha value is -2.57. The first-order valence-corrected chi connectivity index (χ1v) is 8.72. The highest BCUT2D eigenvalue weighted by Gasteiger charge is 2.36. The third-order valence-electron chi connectivity index (χ3n) is 4.77. The van der Waals surface area contributed by atoms with Crippen molar-refractivity contribution in [2.45, 2.75) is 39.8 Å². The minimum Gasteiger partial charge on any atom is -0.481 e. The average molecular weight is 362 g/mol. The minimum absolute atomic E-state index is 0.160. The first-order valence-electron chi connectivity index (χ1n) is 8.72. The van der Waals surface area contributed by atoms with E-state index in [-0.39, 0.29) is 12.5 Å². The first kappa shape index (κ1) is 19.8. The van der Waals surface area contributed by atoms with Gasteiger partial charge in [0.05, 0.1) is 5.41 Å². The van der Waals surface area contributed by atoms with Crippen molar-refractivity contribution in [3.63, 3.8) is 0 Å². The van der Waals surface area contributed by atoms with Gasteiger partial charge < -0.3 is 14.7 Å². The van der Waals surface area contributed by atoms with Crippen LogP contribution in [0, 0.1) is 5.41 Å². The number of carbonyl (C=O) groups excluding carboxylic acids is 2. The van der Waals surface area contributed by atoms with Crippen LogP contribution in [0.3, 0.4) is 0 Å². The zero-order valence-electron chi connectivity index (χ0n) is 15.5. The first-order chi connectivity index (χ1) is 12.2. The second-order valence-electron chi connectivity index (χ2n) is 7.17. The molecule has 1 aromatic rings. The van der Waals surface area contributed by atoms with Crippen LogP contribution >= 0.6 is 0 Å². The Kier molecular flexibility index (Phi) is 6.23. The van der Waals surface area contributed by atoms with Crippen LogP contribution < -0.4 is 0 Å². The monoisotopic (exact) mass is 362 g/mol. The number of nitrogens with zero attached hydrogens (tertiary/aromatic N) is 2. The van der Waals surface area contributed by atoms with Gasteiger partial charge in [-0.15, -0.1) is 0 Å². The van der Waals surface area contributed by atoms with Crippen molar-refractivity contribution < 1.29 is 24.2 Å². The molecular weight excluding hydrogens is 336 g/mol. The number of hydrogen-bond acceptors (Lipinski definition) is 4. The fourth-order valence-corrected chi connectivity index (χ4v) is 2.72. The van der Waals surface area contributed by atoms with Gasteiger partial charge in [-0.3, -0.25) is 14.5 Å². The van der Waals surface area contributed by atoms with Gasteiger partial charge in [0.25, 0.3) is 0 Å². The van der Waals surface area contributed by atoms with Crippen LogP contribution in [0.15, 0.2) is 30.3 Å². The number of aliphatic carboxylic acids is 1. The summed E-state index contributed by atoms with van der Waals surface area (Å²) in [5, 5.41) is 9.18. The molecule has 7 heteroatoms. The molecule has 0 radical (unpaired) electrons. The molecule has 2 rings (SSSR count). The number of piperazine rings is 1. The molecule has 2 amide bonds.